The van der Waals surface area contributed by atoms with Gasteiger partial charge in [0, 0.05) is 17.3 Å². The second-order valence-corrected chi connectivity index (χ2v) is 5.20. The first-order valence-electron chi connectivity index (χ1n) is 7.05. The highest BCUT2D eigenvalue weighted by atomic mass is 16.3. The van der Waals surface area contributed by atoms with Gasteiger partial charge in [-0.15, -0.1) is 0 Å². The molecule has 1 aromatic heterocycles. The second kappa shape index (κ2) is 5.94. The van der Waals surface area contributed by atoms with Crippen LogP contribution in [-0.4, -0.2) is 16.7 Å². The van der Waals surface area contributed by atoms with Crippen molar-refractivity contribution in [2.24, 2.45) is 0 Å². The zero-order valence-electron chi connectivity index (χ0n) is 12.0. The van der Waals surface area contributed by atoms with Crippen molar-refractivity contribution in [1.29, 1.82) is 0 Å². The van der Waals surface area contributed by atoms with Gasteiger partial charge in [-0.25, -0.2) is 0 Å². The van der Waals surface area contributed by atoms with Gasteiger partial charge in [0.15, 0.2) is 0 Å². The van der Waals surface area contributed by atoms with Crippen molar-refractivity contribution in [3.63, 3.8) is 0 Å². The van der Waals surface area contributed by atoms with Crippen molar-refractivity contribution >= 4 is 16.6 Å². The third kappa shape index (κ3) is 3.03. The van der Waals surface area contributed by atoms with E-state index in [1.807, 2.05) is 36.4 Å². The Labute approximate surface area is 124 Å². The first-order chi connectivity index (χ1) is 10.3. The molecule has 3 nitrogen and oxygen atoms in total. The summed E-state index contributed by atoms with van der Waals surface area (Å²) in [5, 5.41) is 14.1. The van der Waals surface area contributed by atoms with E-state index < -0.39 is 0 Å². The van der Waals surface area contributed by atoms with Crippen LogP contribution in [0.2, 0.25) is 0 Å². The monoisotopic (exact) mass is 278 g/mol. The van der Waals surface area contributed by atoms with E-state index in [9.17, 15) is 5.11 Å². The molecule has 0 radical (unpaired) electrons. The van der Waals surface area contributed by atoms with Gasteiger partial charge >= 0.3 is 0 Å². The van der Waals surface area contributed by atoms with Crippen LogP contribution in [0.5, 0.6) is 0 Å². The van der Waals surface area contributed by atoms with Gasteiger partial charge in [0.1, 0.15) is 0 Å². The predicted octanol–water partition coefficient (Wildman–Crippen LogP) is 3.69. The van der Waals surface area contributed by atoms with Crippen molar-refractivity contribution in [3.8, 4) is 0 Å². The van der Waals surface area contributed by atoms with Crippen molar-refractivity contribution < 1.29 is 5.11 Å². The summed E-state index contributed by atoms with van der Waals surface area (Å²) in [6, 6.07) is 18.1. The highest BCUT2D eigenvalue weighted by Crippen LogP contribution is 2.23. The Hall–Kier alpha value is -2.39. The molecule has 0 spiro atoms. The minimum atomic E-state index is -0.127. The SMILES string of the molecule is Cc1ccc(NC(CO)c2ccc3ncccc3c2)cc1. The summed E-state index contributed by atoms with van der Waals surface area (Å²) in [7, 11) is 0. The quantitative estimate of drug-likeness (QED) is 0.765. The number of anilines is 1. The molecule has 106 valence electrons. The lowest BCUT2D eigenvalue weighted by atomic mass is 10.0. The summed E-state index contributed by atoms with van der Waals surface area (Å²) in [6.45, 7) is 2.10. The van der Waals surface area contributed by atoms with Gasteiger partial charge in [0.05, 0.1) is 18.2 Å². The molecule has 0 aliphatic rings. The second-order valence-electron chi connectivity index (χ2n) is 5.20. The summed E-state index contributed by atoms with van der Waals surface area (Å²) in [5.41, 5.74) is 4.25. The number of aromatic nitrogens is 1. The lowest BCUT2D eigenvalue weighted by Crippen LogP contribution is -2.14. The minimum absolute atomic E-state index is 0.0413. The van der Waals surface area contributed by atoms with Crippen molar-refractivity contribution in [2.45, 2.75) is 13.0 Å². The van der Waals surface area contributed by atoms with Crippen LogP contribution in [0.3, 0.4) is 0 Å². The highest BCUT2D eigenvalue weighted by Gasteiger charge is 2.11. The fourth-order valence-corrected chi connectivity index (χ4v) is 2.40. The molecule has 0 fully saturated rings. The molecule has 0 saturated carbocycles. The fourth-order valence-electron chi connectivity index (χ4n) is 2.40. The molecular weight excluding hydrogens is 260 g/mol. The molecule has 21 heavy (non-hydrogen) atoms. The Morgan fingerprint density at radius 1 is 1.10 bits per heavy atom. The van der Waals surface area contributed by atoms with Gasteiger partial charge in [-0.2, -0.15) is 0 Å². The maximum atomic E-state index is 9.69. The van der Waals surface area contributed by atoms with E-state index in [4.69, 9.17) is 0 Å². The summed E-state index contributed by atoms with van der Waals surface area (Å²) >= 11 is 0. The zero-order valence-corrected chi connectivity index (χ0v) is 12.0. The molecule has 0 aliphatic carbocycles. The molecule has 3 aromatic rings. The Balaban J connectivity index is 1.88. The normalized spacial score (nSPS) is 12.3. The van der Waals surface area contributed by atoms with E-state index in [0.29, 0.717) is 0 Å². The number of benzene rings is 2. The maximum Gasteiger partial charge on any atom is 0.0745 e. The minimum Gasteiger partial charge on any atom is -0.394 e. The number of nitrogens with zero attached hydrogens (tertiary/aromatic N) is 1. The molecule has 0 saturated heterocycles. The maximum absolute atomic E-state index is 9.69. The Morgan fingerprint density at radius 2 is 1.90 bits per heavy atom. The van der Waals surface area contributed by atoms with Gasteiger partial charge in [-0.1, -0.05) is 29.8 Å². The standard InChI is InChI=1S/C18H18N2O/c1-13-4-7-16(8-5-13)20-18(12-21)15-6-9-17-14(11-15)3-2-10-19-17/h2-11,18,20-21H,12H2,1H3. The molecule has 3 heteroatoms. The molecule has 3 rings (SSSR count). The molecule has 1 heterocycles. The smallest absolute Gasteiger partial charge is 0.0745 e. The van der Waals surface area contributed by atoms with E-state index in [0.717, 1.165) is 22.2 Å². The fraction of sp³-hybridized carbons (Fsp3) is 0.167. The molecule has 2 aromatic carbocycles. The Bertz CT molecular complexity index is 738. The molecule has 0 aliphatic heterocycles. The average molecular weight is 278 g/mol. The molecule has 1 atom stereocenters. The molecule has 0 amide bonds. The van der Waals surface area contributed by atoms with Gasteiger partial charge in [-0.05, 0) is 42.8 Å². The van der Waals surface area contributed by atoms with Crippen LogP contribution in [0.1, 0.15) is 17.2 Å². The third-order valence-corrected chi connectivity index (χ3v) is 3.60. The van der Waals surface area contributed by atoms with Crippen LogP contribution < -0.4 is 5.32 Å². The molecule has 0 bridgehead atoms. The number of hydrogen-bond acceptors (Lipinski definition) is 3. The van der Waals surface area contributed by atoms with Crippen LogP contribution in [0.25, 0.3) is 10.9 Å². The lowest BCUT2D eigenvalue weighted by Gasteiger charge is -2.18. The summed E-state index contributed by atoms with van der Waals surface area (Å²) < 4.78 is 0. The van der Waals surface area contributed by atoms with E-state index >= 15 is 0 Å². The van der Waals surface area contributed by atoms with E-state index in [1.165, 1.54) is 5.56 Å². The number of aryl methyl sites for hydroxylation is 1. The molecule has 2 N–H and O–H groups in total. The summed E-state index contributed by atoms with van der Waals surface area (Å²) in [5.74, 6) is 0. The zero-order chi connectivity index (χ0) is 14.7. The summed E-state index contributed by atoms with van der Waals surface area (Å²) in [6.07, 6.45) is 1.79. The number of pyridine rings is 1. The van der Waals surface area contributed by atoms with Crippen LogP contribution in [0.4, 0.5) is 5.69 Å². The Kier molecular flexibility index (Phi) is 3.84. The number of fused-ring (bicyclic) bond motifs is 1. The Morgan fingerprint density at radius 3 is 2.67 bits per heavy atom. The van der Waals surface area contributed by atoms with E-state index in [1.54, 1.807) is 6.20 Å². The number of aliphatic hydroxyl groups is 1. The van der Waals surface area contributed by atoms with E-state index in [-0.39, 0.29) is 12.6 Å². The predicted molar refractivity (Wildman–Crippen MR) is 86.4 cm³/mol. The van der Waals surface area contributed by atoms with Gasteiger partial charge < -0.3 is 10.4 Å². The molecular formula is C18H18N2O. The topological polar surface area (TPSA) is 45.1 Å². The van der Waals surface area contributed by atoms with Gasteiger partial charge in [0.25, 0.3) is 0 Å². The average Bonchev–Trinajstić information content (AvgIpc) is 2.54. The highest BCUT2D eigenvalue weighted by molar-refractivity contribution is 5.79. The number of nitrogens with one attached hydrogen (secondary N) is 1. The molecule has 1 unspecified atom stereocenters. The number of hydrogen-bond donors (Lipinski definition) is 2. The van der Waals surface area contributed by atoms with Crippen LogP contribution in [0, 0.1) is 6.92 Å². The third-order valence-electron chi connectivity index (χ3n) is 3.60. The van der Waals surface area contributed by atoms with Crippen LogP contribution >= 0.6 is 0 Å². The first kappa shape index (κ1) is 13.6. The largest absolute Gasteiger partial charge is 0.394 e. The van der Waals surface area contributed by atoms with Gasteiger partial charge in [0.2, 0.25) is 0 Å². The van der Waals surface area contributed by atoms with Crippen molar-refractivity contribution in [1.82, 2.24) is 4.98 Å². The van der Waals surface area contributed by atoms with Crippen LogP contribution in [-0.2, 0) is 0 Å². The summed E-state index contributed by atoms with van der Waals surface area (Å²) in [4.78, 5) is 4.32. The first-order valence-corrected chi connectivity index (χ1v) is 7.05. The lowest BCUT2D eigenvalue weighted by molar-refractivity contribution is 0.276. The van der Waals surface area contributed by atoms with E-state index in [2.05, 4.69) is 35.4 Å². The van der Waals surface area contributed by atoms with Crippen molar-refractivity contribution in [3.05, 3.63) is 71.9 Å². The van der Waals surface area contributed by atoms with Crippen molar-refractivity contribution in [2.75, 3.05) is 11.9 Å². The van der Waals surface area contributed by atoms with Crippen LogP contribution in [0.15, 0.2) is 60.8 Å². The number of aliphatic hydroxyl groups excluding tert-OH is 1. The van der Waals surface area contributed by atoms with Gasteiger partial charge in [-0.3, -0.25) is 4.98 Å². The number of rotatable bonds is 4.